The van der Waals surface area contributed by atoms with E-state index >= 15 is 0 Å². The van der Waals surface area contributed by atoms with Gasteiger partial charge >= 0.3 is 6.18 Å². The molecular formula is C17H16F3N5O2S. The predicted molar refractivity (Wildman–Crippen MR) is 102 cm³/mol. The Hall–Kier alpha value is -2.95. The van der Waals surface area contributed by atoms with Crippen LogP contribution in [0.15, 0.2) is 42.6 Å². The van der Waals surface area contributed by atoms with Crippen LogP contribution in [0.2, 0.25) is 0 Å². The summed E-state index contributed by atoms with van der Waals surface area (Å²) in [6.07, 6.45) is -3.57. The van der Waals surface area contributed by atoms with Gasteiger partial charge in [-0.3, -0.25) is 10.1 Å². The Labute approximate surface area is 163 Å². The highest BCUT2D eigenvalue weighted by Gasteiger charge is 2.31. The number of hydrogen-bond donors (Lipinski definition) is 1. The molecule has 0 amide bonds. The Morgan fingerprint density at radius 2 is 1.75 bits per heavy atom. The van der Waals surface area contributed by atoms with Crippen LogP contribution in [0.5, 0.6) is 0 Å². The first-order valence-electron chi connectivity index (χ1n) is 8.32. The van der Waals surface area contributed by atoms with E-state index in [4.69, 9.17) is 12.2 Å². The third-order valence-corrected chi connectivity index (χ3v) is 4.66. The van der Waals surface area contributed by atoms with Crippen molar-refractivity contribution in [1.82, 2.24) is 9.88 Å². The number of nitro benzene ring substituents is 1. The topological polar surface area (TPSA) is 74.5 Å². The van der Waals surface area contributed by atoms with E-state index in [2.05, 4.69) is 10.3 Å². The number of pyridine rings is 1. The summed E-state index contributed by atoms with van der Waals surface area (Å²) in [7, 11) is 0. The number of piperazine rings is 1. The third-order valence-electron chi connectivity index (χ3n) is 4.30. The van der Waals surface area contributed by atoms with Gasteiger partial charge in [-0.15, -0.1) is 0 Å². The maximum atomic E-state index is 12.6. The minimum Gasteiger partial charge on any atom is -0.353 e. The molecule has 2 heterocycles. The van der Waals surface area contributed by atoms with Crippen LogP contribution in [0.1, 0.15) is 5.56 Å². The van der Waals surface area contributed by atoms with Crippen LogP contribution < -0.4 is 10.2 Å². The number of nitrogens with zero attached hydrogens (tertiary/aromatic N) is 4. The lowest BCUT2D eigenvalue weighted by Crippen LogP contribution is -2.50. The van der Waals surface area contributed by atoms with Gasteiger partial charge in [0.1, 0.15) is 5.82 Å². The normalized spacial score (nSPS) is 14.7. The third kappa shape index (κ3) is 4.66. The molecule has 0 bridgehead atoms. The highest BCUT2D eigenvalue weighted by atomic mass is 32.1. The van der Waals surface area contributed by atoms with Crippen molar-refractivity contribution >= 4 is 34.5 Å². The molecule has 0 radical (unpaired) electrons. The molecule has 0 spiro atoms. The second kappa shape index (κ2) is 7.97. The molecule has 3 rings (SSSR count). The maximum absolute atomic E-state index is 12.6. The number of nitrogens with one attached hydrogen (secondary N) is 1. The molecule has 1 aromatic carbocycles. The lowest BCUT2D eigenvalue weighted by Gasteiger charge is -2.36. The first-order chi connectivity index (χ1) is 13.2. The van der Waals surface area contributed by atoms with Gasteiger partial charge < -0.3 is 15.1 Å². The molecule has 1 fully saturated rings. The molecule has 1 aliphatic heterocycles. The Bertz CT molecular complexity index is 851. The summed E-state index contributed by atoms with van der Waals surface area (Å²) in [5, 5.41) is 14.2. The largest absolute Gasteiger partial charge is 0.417 e. The first-order valence-corrected chi connectivity index (χ1v) is 8.73. The standard InChI is InChI=1S/C17H16F3N5O2S/c18-17(19,20)12-1-6-15(21-11-12)23-7-9-24(10-8-23)16(28)22-13-2-4-14(5-3-13)25(26)27/h1-6,11H,7-10H2,(H,22,28). The number of anilines is 2. The number of aromatic nitrogens is 1. The highest BCUT2D eigenvalue weighted by Crippen LogP contribution is 2.29. The number of benzene rings is 1. The molecular weight excluding hydrogens is 395 g/mol. The molecule has 28 heavy (non-hydrogen) atoms. The zero-order chi connectivity index (χ0) is 20.3. The van der Waals surface area contributed by atoms with Gasteiger partial charge in [-0.2, -0.15) is 13.2 Å². The molecule has 0 unspecified atom stereocenters. The maximum Gasteiger partial charge on any atom is 0.417 e. The van der Waals surface area contributed by atoms with Crippen LogP contribution in [-0.4, -0.2) is 46.1 Å². The molecule has 2 aromatic rings. The highest BCUT2D eigenvalue weighted by molar-refractivity contribution is 7.80. The number of alkyl halides is 3. The number of non-ortho nitro benzene ring substituents is 1. The van der Waals surface area contributed by atoms with E-state index in [-0.39, 0.29) is 5.69 Å². The van der Waals surface area contributed by atoms with E-state index in [9.17, 15) is 23.3 Å². The van der Waals surface area contributed by atoms with Crippen molar-refractivity contribution in [2.45, 2.75) is 6.18 Å². The summed E-state index contributed by atoms with van der Waals surface area (Å²) in [5.74, 6) is 0.488. The molecule has 7 nitrogen and oxygen atoms in total. The number of nitro groups is 1. The summed E-state index contributed by atoms with van der Waals surface area (Å²) in [6.45, 7) is 2.25. The monoisotopic (exact) mass is 411 g/mol. The van der Waals surface area contributed by atoms with Crippen LogP contribution >= 0.6 is 12.2 Å². The molecule has 0 aliphatic carbocycles. The van der Waals surface area contributed by atoms with E-state index in [1.54, 1.807) is 12.1 Å². The van der Waals surface area contributed by atoms with Crippen molar-refractivity contribution in [2.75, 3.05) is 36.4 Å². The number of rotatable bonds is 3. The molecule has 0 atom stereocenters. The fourth-order valence-electron chi connectivity index (χ4n) is 2.75. The molecule has 1 saturated heterocycles. The molecule has 0 saturated carbocycles. The Morgan fingerprint density at radius 1 is 1.11 bits per heavy atom. The molecule has 1 N–H and O–H groups in total. The second-order valence-corrected chi connectivity index (χ2v) is 6.50. The van der Waals surface area contributed by atoms with Crippen molar-refractivity contribution in [3.8, 4) is 0 Å². The van der Waals surface area contributed by atoms with E-state index in [0.29, 0.717) is 42.8 Å². The predicted octanol–water partition coefficient (Wildman–Crippen LogP) is 3.53. The lowest BCUT2D eigenvalue weighted by molar-refractivity contribution is -0.384. The van der Waals surface area contributed by atoms with Crippen molar-refractivity contribution in [2.24, 2.45) is 0 Å². The molecule has 11 heteroatoms. The van der Waals surface area contributed by atoms with E-state index < -0.39 is 16.7 Å². The SMILES string of the molecule is O=[N+]([O-])c1ccc(NC(=S)N2CCN(c3ccc(C(F)(F)F)cn3)CC2)cc1. The van der Waals surface area contributed by atoms with Crippen molar-refractivity contribution < 1.29 is 18.1 Å². The molecule has 1 aromatic heterocycles. The molecule has 148 valence electrons. The minimum atomic E-state index is -4.40. The van der Waals surface area contributed by atoms with Crippen LogP contribution in [-0.2, 0) is 6.18 Å². The minimum absolute atomic E-state index is 0.00544. The van der Waals surface area contributed by atoms with Gasteiger partial charge in [-0.25, -0.2) is 4.98 Å². The second-order valence-electron chi connectivity index (χ2n) is 6.11. The van der Waals surface area contributed by atoms with Gasteiger partial charge in [0.2, 0.25) is 0 Å². The smallest absolute Gasteiger partial charge is 0.353 e. The Morgan fingerprint density at radius 3 is 2.25 bits per heavy atom. The first kappa shape index (κ1) is 19.8. The zero-order valence-electron chi connectivity index (χ0n) is 14.5. The van der Waals surface area contributed by atoms with Gasteiger partial charge in [-0.1, -0.05) is 0 Å². The van der Waals surface area contributed by atoms with E-state index in [0.717, 1.165) is 12.3 Å². The van der Waals surface area contributed by atoms with Crippen LogP contribution in [0.4, 0.5) is 30.4 Å². The summed E-state index contributed by atoms with van der Waals surface area (Å²) < 4.78 is 37.9. The zero-order valence-corrected chi connectivity index (χ0v) is 15.3. The lowest BCUT2D eigenvalue weighted by atomic mass is 10.2. The Balaban J connectivity index is 1.54. The number of hydrogen-bond acceptors (Lipinski definition) is 5. The average molecular weight is 411 g/mol. The average Bonchev–Trinajstić information content (AvgIpc) is 2.68. The van der Waals surface area contributed by atoms with Crippen molar-refractivity contribution in [3.63, 3.8) is 0 Å². The van der Waals surface area contributed by atoms with Crippen molar-refractivity contribution in [1.29, 1.82) is 0 Å². The van der Waals surface area contributed by atoms with Gasteiger partial charge in [0.15, 0.2) is 5.11 Å². The molecule has 1 aliphatic rings. The van der Waals surface area contributed by atoms with E-state index in [1.807, 2.05) is 9.80 Å². The van der Waals surface area contributed by atoms with Gasteiger partial charge in [-0.05, 0) is 36.5 Å². The Kier molecular flexibility index (Phi) is 5.63. The fraction of sp³-hybridized carbons (Fsp3) is 0.294. The number of thiocarbonyl (C=S) groups is 1. The van der Waals surface area contributed by atoms with Gasteiger partial charge in [0.05, 0.1) is 10.5 Å². The van der Waals surface area contributed by atoms with Gasteiger partial charge in [0, 0.05) is 50.2 Å². The summed E-state index contributed by atoms with van der Waals surface area (Å²) in [4.78, 5) is 17.9. The fourth-order valence-corrected chi connectivity index (χ4v) is 3.05. The summed E-state index contributed by atoms with van der Waals surface area (Å²) in [6, 6.07) is 8.32. The van der Waals surface area contributed by atoms with E-state index in [1.165, 1.54) is 18.2 Å². The van der Waals surface area contributed by atoms with Crippen molar-refractivity contribution in [3.05, 3.63) is 58.3 Å². The number of halogens is 3. The van der Waals surface area contributed by atoms with Crippen LogP contribution in [0.3, 0.4) is 0 Å². The van der Waals surface area contributed by atoms with Crippen LogP contribution in [0.25, 0.3) is 0 Å². The summed E-state index contributed by atoms with van der Waals surface area (Å²) in [5.41, 5.74) is -0.139. The van der Waals surface area contributed by atoms with Crippen LogP contribution in [0, 0.1) is 10.1 Å². The summed E-state index contributed by atoms with van der Waals surface area (Å²) >= 11 is 5.38. The quantitative estimate of drug-likeness (QED) is 0.471. The van der Waals surface area contributed by atoms with Gasteiger partial charge in [0.25, 0.3) is 5.69 Å².